The number of benzene rings is 11. The molecule has 0 unspecified atom stereocenters. The third-order valence-electron chi connectivity index (χ3n) is 13.1. The van der Waals surface area contributed by atoms with Crippen molar-refractivity contribution in [2.45, 2.75) is 0 Å². The summed E-state index contributed by atoms with van der Waals surface area (Å²) in [5.74, 6) is 0. The standard InChI is InChI=1S/C60H38NSSi/c1-3-14-39(15-4-1)40-26-32-44(33-27-40)61(52-38-43-16-7-8-19-47(43)49-20-9-10-21-50(49)52)45-34-28-41(29-35-45)48-23-13-24-53-58(48)60-54(62-53)36-30-42-31-37-56-59(57(42)60)51-22-11-12-25-55(51)63(56)46-17-5-2-6-18-46/h1-38H. The van der Waals surface area contributed by atoms with Crippen LogP contribution in [-0.2, 0) is 0 Å². The summed E-state index contributed by atoms with van der Waals surface area (Å²) in [5, 5.41) is 14.8. The van der Waals surface area contributed by atoms with E-state index in [9.17, 15) is 0 Å². The summed E-state index contributed by atoms with van der Waals surface area (Å²) in [7, 11) is -1.16. The first-order valence-corrected chi connectivity index (χ1v) is 24.0. The number of rotatable bonds is 6. The molecule has 11 aromatic carbocycles. The smallest absolute Gasteiger partial charge is 0.156 e. The van der Waals surface area contributed by atoms with Crippen molar-refractivity contribution in [1.29, 1.82) is 0 Å². The van der Waals surface area contributed by atoms with Crippen LogP contribution in [-0.4, -0.2) is 8.80 Å². The molecule has 2 heterocycles. The highest BCUT2D eigenvalue weighted by atomic mass is 32.1. The number of anilines is 3. The lowest BCUT2D eigenvalue weighted by Crippen LogP contribution is -2.48. The third-order valence-corrected chi connectivity index (χ3v) is 17.1. The zero-order valence-corrected chi connectivity index (χ0v) is 36.1. The molecular formula is C60H38NSSi. The van der Waals surface area contributed by atoms with Crippen molar-refractivity contribution in [2.24, 2.45) is 0 Å². The molecule has 0 fully saturated rings. The largest absolute Gasteiger partial charge is 0.310 e. The van der Waals surface area contributed by atoms with Gasteiger partial charge in [-0.2, -0.15) is 0 Å². The normalized spacial score (nSPS) is 12.4. The fourth-order valence-corrected chi connectivity index (χ4v) is 14.4. The molecule has 1 nitrogen and oxygen atoms in total. The first-order chi connectivity index (χ1) is 31.3. The topological polar surface area (TPSA) is 3.24 Å². The number of hydrogen-bond acceptors (Lipinski definition) is 2. The maximum atomic E-state index is 2.44. The first kappa shape index (κ1) is 36.1. The van der Waals surface area contributed by atoms with Gasteiger partial charge < -0.3 is 4.90 Å². The van der Waals surface area contributed by atoms with Crippen LogP contribution < -0.4 is 20.5 Å². The second-order valence-corrected chi connectivity index (χ2v) is 20.0. The molecule has 0 spiro atoms. The highest BCUT2D eigenvalue weighted by molar-refractivity contribution is 7.26. The molecule has 63 heavy (non-hydrogen) atoms. The van der Waals surface area contributed by atoms with Crippen molar-refractivity contribution in [3.8, 4) is 33.4 Å². The first-order valence-electron chi connectivity index (χ1n) is 21.7. The molecule has 0 saturated heterocycles. The van der Waals surface area contributed by atoms with E-state index in [1.54, 1.807) is 0 Å². The Morgan fingerprint density at radius 1 is 0.349 bits per heavy atom. The van der Waals surface area contributed by atoms with Crippen LogP contribution in [0.25, 0.3) is 85.9 Å². The Balaban J connectivity index is 1.00. The second kappa shape index (κ2) is 14.5. The molecule has 1 aromatic heterocycles. The van der Waals surface area contributed by atoms with Gasteiger partial charge in [-0.15, -0.1) is 11.3 Å². The predicted molar refractivity (Wildman–Crippen MR) is 274 cm³/mol. The van der Waals surface area contributed by atoms with Crippen LogP contribution in [0, 0.1) is 0 Å². The fourth-order valence-electron chi connectivity index (χ4n) is 10.3. The molecule has 12 aromatic rings. The summed E-state index contributed by atoms with van der Waals surface area (Å²) in [6.07, 6.45) is 0. The Morgan fingerprint density at radius 2 is 0.952 bits per heavy atom. The predicted octanol–water partition coefficient (Wildman–Crippen LogP) is 14.8. The highest BCUT2D eigenvalue weighted by Gasteiger charge is 2.34. The van der Waals surface area contributed by atoms with Gasteiger partial charge in [0.1, 0.15) is 0 Å². The Hall–Kier alpha value is -7.56. The zero-order chi connectivity index (χ0) is 41.4. The lowest BCUT2D eigenvalue weighted by atomic mass is 9.92. The van der Waals surface area contributed by atoms with Crippen molar-refractivity contribution in [3.63, 3.8) is 0 Å². The molecule has 0 aliphatic carbocycles. The van der Waals surface area contributed by atoms with Gasteiger partial charge in [0, 0.05) is 36.9 Å². The van der Waals surface area contributed by atoms with Crippen molar-refractivity contribution in [1.82, 2.24) is 0 Å². The van der Waals surface area contributed by atoms with E-state index in [2.05, 4.69) is 235 Å². The van der Waals surface area contributed by atoms with Crippen LogP contribution in [0.4, 0.5) is 17.1 Å². The van der Waals surface area contributed by atoms with E-state index in [0.29, 0.717) is 0 Å². The van der Waals surface area contributed by atoms with Crippen LogP contribution in [0.15, 0.2) is 231 Å². The summed E-state index contributed by atoms with van der Waals surface area (Å²) in [6, 6.07) is 85.7. The van der Waals surface area contributed by atoms with Crippen molar-refractivity contribution in [3.05, 3.63) is 231 Å². The number of thiophene rings is 1. The quantitative estimate of drug-likeness (QED) is 0.119. The molecule has 1 aliphatic heterocycles. The maximum Gasteiger partial charge on any atom is 0.156 e. The molecular weight excluding hydrogens is 795 g/mol. The monoisotopic (exact) mass is 832 g/mol. The molecule has 13 rings (SSSR count). The molecule has 0 amide bonds. The molecule has 1 radical (unpaired) electrons. The van der Waals surface area contributed by atoms with E-state index in [1.807, 2.05) is 11.3 Å². The minimum absolute atomic E-state index is 1.12. The Bertz CT molecular complexity index is 3720. The molecule has 3 heteroatoms. The summed E-state index contributed by atoms with van der Waals surface area (Å²) in [5.41, 5.74) is 11.1. The average molecular weight is 833 g/mol. The Kier molecular flexibility index (Phi) is 8.33. The minimum atomic E-state index is -1.16. The van der Waals surface area contributed by atoms with Gasteiger partial charge in [-0.1, -0.05) is 193 Å². The van der Waals surface area contributed by atoms with E-state index < -0.39 is 8.80 Å². The van der Waals surface area contributed by atoms with E-state index in [4.69, 9.17) is 0 Å². The lowest BCUT2D eigenvalue weighted by molar-refractivity contribution is 1.30. The lowest BCUT2D eigenvalue weighted by Gasteiger charge is -2.28. The molecule has 1 aliphatic rings. The number of fused-ring (bicyclic) bond motifs is 12. The van der Waals surface area contributed by atoms with E-state index in [0.717, 1.165) is 17.1 Å². The molecule has 293 valence electrons. The van der Waals surface area contributed by atoms with Crippen molar-refractivity contribution in [2.75, 3.05) is 4.90 Å². The van der Waals surface area contributed by atoms with Gasteiger partial charge in [-0.25, -0.2) is 0 Å². The molecule has 0 bridgehead atoms. The van der Waals surface area contributed by atoms with Gasteiger partial charge in [0.05, 0.1) is 5.69 Å². The molecule has 0 saturated carbocycles. The Morgan fingerprint density at radius 3 is 1.75 bits per heavy atom. The Labute approximate surface area is 372 Å². The number of hydrogen-bond donors (Lipinski definition) is 0. The van der Waals surface area contributed by atoms with Crippen LogP contribution in [0.5, 0.6) is 0 Å². The van der Waals surface area contributed by atoms with E-state index in [1.165, 1.54) is 101 Å². The zero-order valence-electron chi connectivity index (χ0n) is 34.3. The van der Waals surface area contributed by atoms with Crippen LogP contribution in [0.3, 0.4) is 0 Å². The van der Waals surface area contributed by atoms with Crippen LogP contribution in [0.1, 0.15) is 0 Å². The molecule has 0 atom stereocenters. The minimum Gasteiger partial charge on any atom is -0.310 e. The van der Waals surface area contributed by atoms with Gasteiger partial charge in [0.15, 0.2) is 8.80 Å². The van der Waals surface area contributed by atoms with Gasteiger partial charge >= 0.3 is 0 Å². The van der Waals surface area contributed by atoms with Crippen LogP contribution >= 0.6 is 11.3 Å². The highest BCUT2D eigenvalue weighted by Crippen LogP contribution is 2.47. The van der Waals surface area contributed by atoms with Gasteiger partial charge in [-0.05, 0) is 113 Å². The molecule has 0 N–H and O–H groups in total. The SMILES string of the molecule is c1ccc(-c2ccc(N(c3ccc(-c4cccc5sc6ccc7ccc8c(c7c6c45)-c4ccccc4[Si]8c4ccccc4)cc3)c3cc4ccccc4c4ccccc34)cc2)cc1. The van der Waals surface area contributed by atoms with Crippen molar-refractivity contribution < 1.29 is 0 Å². The summed E-state index contributed by atoms with van der Waals surface area (Å²) < 4.78 is 2.65. The second-order valence-electron chi connectivity index (χ2n) is 16.5. The average Bonchev–Trinajstić information content (AvgIpc) is 3.92. The van der Waals surface area contributed by atoms with Gasteiger partial charge in [0.25, 0.3) is 0 Å². The van der Waals surface area contributed by atoms with Gasteiger partial charge in [0.2, 0.25) is 0 Å². The summed E-state index contributed by atoms with van der Waals surface area (Å²) in [4.78, 5) is 2.44. The number of nitrogens with zero attached hydrogens (tertiary/aromatic N) is 1. The summed E-state index contributed by atoms with van der Waals surface area (Å²) in [6.45, 7) is 0. The maximum absolute atomic E-state index is 2.44. The van der Waals surface area contributed by atoms with Crippen molar-refractivity contribution >= 4 is 105 Å². The van der Waals surface area contributed by atoms with E-state index in [-0.39, 0.29) is 0 Å². The van der Waals surface area contributed by atoms with E-state index >= 15 is 0 Å². The third kappa shape index (κ3) is 5.74. The summed E-state index contributed by atoms with van der Waals surface area (Å²) >= 11 is 1.91. The van der Waals surface area contributed by atoms with Crippen LogP contribution in [0.2, 0.25) is 0 Å². The fraction of sp³-hybridized carbons (Fsp3) is 0. The van der Waals surface area contributed by atoms with Gasteiger partial charge in [-0.3, -0.25) is 0 Å².